The Morgan fingerprint density at radius 1 is 1.27 bits per heavy atom. The smallest absolute Gasteiger partial charge is 0.120 e. The van der Waals surface area contributed by atoms with Gasteiger partial charge in [-0.25, -0.2) is 0 Å². The Morgan fingerprint density at radius 2 is 1.87 bits per heavy atom. The number of nitrogens with two attached hydrogens (primary N) is 1. The molecule has 0 unspecified atom stereocenters. The van der Waals surface area contributed by atoms with Gasteiger partial charge in [0.2, 0.25) is 0 Å². The molecule has 0 saturated heterocycles. The summed E-state index contributed by atoms with van der Waals surface area (Å²) in [6.45, 7) is 5.73. The molecule has 0 fully saturated rings. The number of benzene rings is 1. The van der Waals surface area contributed by atoms with Crippen molar-refractivity contribution in [3.05, 3.63) is 29.3 Å². The van der Waals surface area contributed by atoms with E-state index >= 15 is 0 Å². The second-order valence-electron chi connectivity index (χ2n) is 4.32. The molecule has 84 valence electrons. The summed E-state index contributed by atoms with van der Waals surface area (Å²) in [4.78, 5) is 0. The zero-order valence-electron chi connectivity index (χ0n) is 9.44. The van der Waals surface area contributed by atoms with Crippen molar-refractivity contribution < 1.29 is 10.2 Å². The third-order valence-corrected chi connectivity index (χ3v) is 2.59. The van der Waals surface area contributed by atoms with Crippen LogP contribution in [0.1, 0.15) is 31.0 Å². The molecular weight excluding hydrogens is 190 g/mol. The lowest BCUT2D eigenvalue weighted by atomic mass is 9.93. The van der Waals surface area contributed by atoms with Gasteiger partial charge in [0.05, 0.1) is 12.1 Å². The standard InChI is InChI=1S/C12H19NO2/c1-7(2)12(15)11(13)9-6-8(3)4-5-10(9)14/h4-7,11-12,14-15H,13H2,1-3H3/t11-,12+/m0/s1. The number of aromatic hydroxyl groups is 1. The van der Waals surface area contributed by atoms with Gasteiger partial charge in [0.15, 0.2) is 0 Å². The molecule has 0 bridgehead atoms. The summed E-state index contributed by atoms with van der Waals surface area (Å²) in [5.41, 5.74) is 7.53. The van der Waals surface area contributed by atoms with E-state index in [-0.39, 0.29) is 11.7 Å². The second kappa shape index (κ2) is 4.64. The van der Waals surface area contributed by atoms with E-state index in [0.29, 0.717) is 5.56 Å². The first-order valence-electron chi connectivity index (χ1n) is 5.16. The summed E-state index contributed by atoms with van der Waals surface area (Å²) in [6, 6.07) is 4.70. The average molecular weight is 209 g/mol. The van der Waals surface area contributed by atoms with Gasteiger partial charge in [-0.1, -0.05) is 31.5 Å². The van der Waals surface area contributed by atoms with E-state index in [1.165, 1.54) is 0 Å². The van der Waals surface area contributed by atoms with Crippen LogP contribution >= 0.6 is 0 Å². The van der Waals surface area contributed by atoms with Crippen molar-refractivity contribution >= 4 is 0 Å². The van der Waals surface area contributed by atoms with Crippen LogP contribution in [0.25, 0.3) is 0 Å². The molecule has 0 aliphatic heterocycles. The van der Waals surface area contributed by atoms with Gasteiger partial charge >= 0.3 is 0 Å². The Labute approximate surface area is 90.5 Å². The van der Waals surface area contributed by atoms with Gasteiger partial charge in [0, 0.05) is 5.56 Å². The molecule has 15 heavy (non-hydrogen) atoms. The molecule has 0 aromatic heterocycles. The van der Waals surface area contributed by atoms with Crippen LogP contribution in [-0.4, -0.2) is 16.3 Å². The van der Waals surface area contributed by atoms with Crippen LogP contribution in [0.15, 0.2) is 18.2 Å². The highest BCUT2D eigenvalue weighted by Crippen LogP contribution is 2.27. The minimum Gasteiger partial charge on any atom is -0.508 e. The Bertz CT molecular complexity index is 336. The average Bonchev–Trinajstić information content (AvgIpc) is 2.19. The van der Waals surface area contributed by atoms with Crippen LogP contribution in [0.3, 0.4) is 0 Å². The number of hydrogen-bond donors (Lipinski definition) is 3. The number of hydrogen-bond acceptors (Lipinski definition) is 3. The topological polar surface area (TPSA) is 66.5 Å². The molecular formula is C12H19NO2. The third kappa shape index (κ3) is 2.70. The molecule has 0 aliphatic rings. The highest BCUT2D eigenvalue weighted by atomic mass is 16.3. The second-order valence-corrected chi connectivity index (χ2v) is 4.32. The van der Waals surface area contributed by atoms with Gasteiger partial charge in [-0.3, -0.25) is 0 Å². The van der Waals surface area contributed by atoms with Crippen LogP contribution in [0.5, 0.6) is 5.75 Å². The van der Waals surface area contributed by atoms with Crippen LogP contribution in [0, 0.1) is 12.8 Å². The van der Waals surface area contributed by atoms with Gasteiger partial charge in [-0.2, -0.15) is 0 Å². The van der Waals surface area contributed by atoms with Gasteiger partial charge in [-0.05, 0) is 18.9 Å². The van der Waals surface area contributed by atoms with E-state index in [4.69, 9.17) is 5.73 Å². The quantitative estimate of drug-likeness (QED) is 0.710. The Morgan fingerprint density at radius 3 is 2.40 bits per heavy atom. The number of phenolic OH excluding ortho intramolecular Hbond substituents is 1. The van der Waals surface area contributed by atoms with Crippen molar-refractivity contribution in [1.29, 1.82) is 0 Å². The third-order valence-electron chi connectivity index (χ3n) is 2.59. The van der Waals surface area contributed by atoms with Crippen molar-refractivity contribution in [2.45, 2.75) is 32.9 Å². The molecule has 1 aromatic rings. The number of aliphatic hydroxyl groups excluding tert-OH is 1. The van der Waals surface area contributed by atoms with Gasteiger partial charge in [0.1, 0.15) is 5.75 Å². The Hall–Kier alpha value is -1.06. The van der Waals surface area contributed by atoms with E-state index < -0.39 is 12.1 Å². The molecule has 0 amide bonds. The molecule has 0 radical (unpaired) electrons. The van der Waals surface area contributed by atoms with Crippen molar-refractivity contribution in [2.24, 2.45) is 11.7 Å². The van der Waals surface area contributed by atoms with E-state index in [1.807, 2.05) is 32.9 Å². The van der Waals surface area contributed by atoms with Crippen LogP contribution in [0.4, 0.5) is 0 Å². The van der Waals surface area contributed by atoms with E-state index in [1.54, 1.807) is 6.07 Å². The fourth-order valence-electron chi connectivity index (χ4n) is 1.54. The van der Waals surface area contributed by atoms with E-state index in [2.05, 4.69) is 0 Å². The maximum Gasteiger partial charge on any atom is 0.120 e. The van der Waals surface area contributed by atoms with Gasteiger partial charge < -0.3 is 15.9 Å². The van der Waals surface area contributed by atoms with E-state index in [0.717, 1.165) is 5.56 Å². The molecule has 0 aliphatic carbocycles. The first-order valence-corrected chi connectivity index (χ1v) is 5.16. The molecule has 3 nitrogen and oxygen atoms in total. The van der Waals surface area contributed by atoms with Gasteiger partial charge in [-0.15, -0.1) is 0 Å². The lowest BCUT2D eigenvalue weighted by Crippen LogP contribution is -2.30. The highest BCUT2D eigenvalue weighted by Gasteiger charge is 2.22. The first-order chi connectivity index (χ1) is 6.93. The Kier molecular flexibility index (Phi) is 3.72. The monoisotopic (exact) mass is 209 g/mol. The zero-order valence-corrected chi connectivity index (χ0v) is 9.44. The van der Waals surface area contributed by atoms with Crippen LogP contribution in [0.2, 0.25) is 0 Å². The normalized spacial score (nSPS) is 15.3. The van der Waals surface area contributed by atoms with Gasteiger partial charge in [0.25, 0.3) is 0 Å². The lowest BCUT2D eigenvalue weighted by Gasteiger charge is -2.23. The molecule has 1 rings (SSSR count). The summed E-state index contributed by atoms with van der Waals surface area (Å²) >= 11 is 0. The molecule has 4 N–H and O–H groups in total. The molecule has 1 aromatic carbocycles. The number of rotatable bonds is 3. The summed E-state index contributed by atoms with van der Waals surface area (Å²) in [7, 11) is 0. The fraction of sp³-hybridized carbons (Fsp3) is 0.500. The summed E-state index contributed by atoms with van der Waals surface area (Å²) in [5.74, 6) is 0.215. The molecule has 0 saturated carbocycles. The maximum atomic E-state index is 9.83. The fourth-order valence-corrected chi connectivity index (χ4v) is 1.54. The molecule has 0 heterocycles. The summed E-state index contributed by atoms with van der Waals surface area (Å²) in [5, 5.41) is 19.5. The minimum absolute atomic E-state index is 0.0694. The number of phenols is 1. The predicted molar refractivity (Wildman–Crippen MR) is 60.6 cm³/mol. The molecule has 3 heteroatoms. The van der Waals surface area contributed by atoms with Crippen molar-refractivity contribution in [1.82, 2.24) is 0 Å². The zero-order chi connectivity index (χ0) is 11.6. The predicted octanol–water partition coefficient (Wildman–Crippen LogP) is 1.72. The SMILES string of the molecule is Cc1ccc(O)c([C@H](N)[C@H](O)C(C)C)c1. The summed E-state index contributed by atoms with van der Waals surface area (Å²) in [6.07, 6.45) is -0.641. The van der Waals surface area contributed by atoms with Crippen molar-refractivity contribution in [2.75, 3.05) is 0 Å². The number of aryl methyl sites for hydroxylation is 1. The Balaban J connectivity index is 2.99. The van der Waals surface area contributed by atoms with Crippen LogP contribution in [-0.2, 0) is 0 Å². The van der Waals surface area contributed by atoms with Crippen LogP contribution < -0.4 is 5.73 Å². The highest BCUT2D eigenvalue weighted by molar-refractivity contribution is 5.38. The largest absolute Gasteiger partial charge is 0.508 e. The first kappa shape index (κ1) is 12.0. The maximum absolute atomic E-state index is 9.83. The minimum atomic E-state index is -0.641. The van der Waals surface area contributed by atoms with Crippen molar-refractivity contribution in [3.8, 4) is 5.75 Å². The van der Waals surface area contributed by atoms with Crippen molar-refractivity contribution in [3.63, 3.8) is 0 Å². The lowest BCUT2D eigenvalue weighted by molar-refractivity contribution is 0.0970. The van der Waals surface area contributed by atoms with E-state index in [9.17, 15) is 10.2 Å². The summed E-state index contributed by atoms with van der Waals surface area (Å²) < 4.78 is 0. The molecule has 2 atom stereocenters. The molecule has 0 spiro atoms. The number of aliphatic hydroxyl groups is 1.